The third kappa shape index (κ3) is 2.10. The molecule has 0 aromatic heterocycles. The van der Waals surface area contributed by atoms with Gasteiger partial charge in [-0.2, -0.15) is 0 Å². The van der Waals surface area contributed by atoms with Crippen LogP contribution < -0.4 is 4.74 Å². The molecule has 1 aliphatic rings. The van der Waals surface area contributed by atoms with E-state index in [1.165, 1.54) is 0 Å². The molecule has 0 spiro atoms. The van der Waals surface area contributed by atoms with Crippen molar-refractivity contribution in [1.29, 1.82) is 0 Å². The molecule has 0 saturated heterocycles. The Labute approximate surface area is 96.7 Å². The van der Waals surface area contributed by atoms with Crippen molar-refractivity contribution >= 4 is 15.8 Å². The molecule has 0 fully saturated rings. The normalized spacial score (nSPS) is 17.7. The zero-order chi connectivity index (χ0) is 12.6. The zero-order valence-electron chi connectivity index (χ0n) is 8.64. The van der Waals surface area contributed by atoms with Crippen LogP contribution in [0.2, 0.25) is 0 Å². The van der Waals surface area contributed by atoms with Crippen molar-refractivity contribution in [2.24, 2.45) is 0 Å². The lowest BCUT2D eigenvalue weighted by atomic mass is 10.2. The van der Waals surface area contributed by atoms with E-state index in [2.05, 4.69) is 0 Å². The summed E-state index contributed by atoms with van der Waals surface area (Å²) < 4.78 is 42.1. The molecule has 2 rings (SSSR count). The molecule has 0 bridgehead atoms. The molecular formula is C10H9FO5S. The van der Waals surface area contributed by atoms with Gasteiger partial charge in [-0.3, -0.25) is 0 Å². The Morgan fingerprint density at radius 3 is 2.76 bits per heavy atom. The van der Waals surface area contributed by atoms with E-state index in [1.807, 2.05) is 0 Å². The molecule has 92 valence electrons. The van der Waals surface area contributed by atoms with Crippen molar-refractivity contribution in [3.63, 3.8) is 0 Å². The number of carbonyl (C=O) groups is 1. The summed E-state index contributed by atoms with van der Waals surface area (Å²) in [6, 6.07) is 1.68. The van der Waals surface area contributed by atoms with Gasteiger partial charge < -0.3 is 9.84 Å². The minimum atomic E-state index is -3.69. The Hall–Kier alpha value is -1.63. The number of carboxylic acids is 1. The first-order valence-electron chi connectivity index (χ1n) is 4.84. The van der Waals surface area contributed by atoms with Crippen LogP contribution in [0.5, 0.6) is 5.75 Å². The van der Waals surface area contributed by atoms with E-state index in [1.54, 1.807) is 0 Å². The second-order valence-electron chi connectivity index (χ2n) is 3.61. The Morgan fingerprint density at radius 2 is 2.12 bits per heavy atom. The maximum Gasteiger partial charge on any atom is 0.335 e. The third-order valence-corrected chi connectivity index (χ3v) is 4.19. The maximum atomic E-state index is 13.6. The summed E-state index contributed by atoms with van der Waals surface area (Å²) in [6.45, 7) is 0.0928. The fourth-order valence-corrected chi connectivity index (χ4v) is 3.06. The van der Waals surface area contributed by atoms with E-state index in [-0.39, 0.29) is 29.4 Å². The Bertz CT molecular complexity index is 579. The monoisotopic (exact) mass is 260 g/mol. The molecule has 1 N–H and O–H groups in total. The van der Waals surface area contributed by atoms with Gasteiger partial charge in [-0.1, -0.05) is 0 Å². The molecular weight excluding hydrogens is 251 g/mol. The van der Waals surface area contributed by atoms with E-state index in [4.69, 9.17) is 9.84 Å². The van der Waals surface area contributed by atoms with Crippen molar-refractivity contribution in [3.05, 3.63) is 23.5 Å². The second-order valence-corrected chi connectivity index (χ2v) is 5.69. The van der Waals surface area contributed by atoms with Crippen molar-refractivity contribution in [3.8, 4) is 5.75 Å². The topological polar surface area (TPSA) is 80.7 Å². The van der Waals surface area contributed by atoms with E-state index in [0.717, 1.165) is 12.1 Å². The van der Waals surface area contributed by atoms with Crippen LogP contribution in [-0.4, -0.2) is 31.9 Å². The summed E-state index contributed by atoms with van der Waals surface area (Å²) in [6.07, 6.45) is 0.249. The third-order valence-electron chi connectivity index (χ3n) is 2.40. The number of benzene rings is 1. The first kappa shape index (κ1) is 11.8. The fraction of sp³-hybridized carbons (Fsp3) is 0.300. The van der Waals surface area contributed by atoms with Crippen LogP contribution in [0, 0.1) is 5.82 Å². The van der Waals surface area contributed by atoms with Gasteiger partial charge in [-0.25, -0.2) is 17.6 Å². The number of ether oxygens (including phenoxy) is 1. The highest BCUT2D eigenvalue weighted by molar-refractivity contribution is 7.91. The van der Waals surface area contributed by atoms with Crippen LogP contribution in [0.25, 0.3) is 0 Å². The predicted molar refractivity (Wildman–Crippen MR) is 55.5 cm³/mol. The van der Waals surface area contributed by atoms with Crippen LogP contribution in [0.3, 0.4) is 0 Å². The van der Waals surface area contributed by atoms with Gasteiger partial charge >= 0.3 is 5.97 Å². The zero-order valence-corrected chi connectivity index (χ0v) is 9.46. The quantitative estimate of drug-likeness (QED) is 0.817. The smallest absolute Gasteiger partial charge is 0.335 e. The number of hydrogen-bond donors (Lipinski definition) is 1. The lowest BCUT2D eigenvalue weighted by Gasteiger charge is -2.08. The van der Waals surface area contributed by atoms with Gasteiger partial charge in [0.1, 0.15) is 4.90 Å². The van der Waals surface area contributed by atoms with Crippen molar-refractivity contribution in [2.75, 3.05) is 12.4 Å². The van der Waals surface area contributed by atoms with Gasteiger partial charge in [-0.15, -0.1) is 0 Å². The molecule has 1 heterocycles. The SMILES string of the molecule is O=C(O)c1cc(F)c2c(c1)S(=O)(=O)CCCO2. The lowest BCUT2D eigenvalue weighted by Crippen LogP contribution is -2.08. The summed E-state index contributed by atoms with van der Waals surface area (Å²) in [5.41, 5.74) is -0.407. The van der Waals surface area contributed by atoms with Gasteiger partial charge in [0.05, 0.1) is 17.9 Å². The molecule has 0 radical (unpaired) electrons. The molecule has 7 heteroatoms. The first-order chi connectivity index (χ1) is 7.92. The number of sulfone groups is 1. The number of carboxylic acid groups (broad SMARTS) is 1. The van der Waals surface area contributed by atoms with Crippen LogP contribution >= 0.6 is 0 Å². The largest absolute Gasteiger partial charge is 0.489 e. The van der Waals surface area contributed by atoms with Crippen LogP contribution in [0.1, 0.15) is 16.8 Å². The first-order valence-corrected chi connectivity index (χ1v) is 6.49. The number of aromatic carboxylic acids is 1. The maximum absolute atomic E-state index is 13.6. The summed E-state index contributed by atoms with van der Waals surface area (Å²) in [7, 11) is -3.69. The van der Waals surface area contributed by atoms with Gasteiger partial charge in [0.2, 0.25) is 0 Å². The van der Waals surface area contributed by atoms with Crippen LogP contribution in [0.15, 0.2) is 17.0 Å². The van der Waals surface area contributed by atoms with E-state index in [0.29, 0.717) is 0 Å². The summed E-state index contributed by atoms with van der Waals surface area (Å²) >= 11 is 0. The number of halogens is 1. The molecule has 5 nitrogen and oxygen atoms in total. The highest BCUT2D eigenvalue weighted by atomic mass is 32.2. The molecule has 1 aromatic rings. The molecule has 17 heavy (non-hydrogen) atoms. The fourth-order valence-electron chi connectivity index (χ4n) is 1.60. The summed E-state index contributed by atoms with van der Waals surface area (Å²) in [5.74, 6) is -2.91. The lowest BCUT2D eigenvalue weighted by molar-refractivity contribution is 0.0696. The highest BCUT2D eigenvalue weighted by Crippen LogP contribution is 2.32. The molecule has 1 aromatic carbocycles. The average molecular weight is 260 g/mol. The Morgan fingerprint density at radius 1 is 1.41 bits per heavy atom. The molecule has 0 saturated carbocycles. The van der Waals surface area contributed by atoms with E-state index >= 15 is 0 Å². The minimum absolute atomic E-state index is 0.0928. The molecule has 0 aliphatic carbocycles. The summed E-state index contributed by atoms with van der Waals surface area (Å²) in [4.78, 5) is 10.4. The van der Waals surface area contributed by atoms with Gasteiger partial charge in [0, 0.05) is 0 Å². The van der Waals surface area contributed by atoms with Gasteiger partial charge in [0.25, 0.3) is 0 Å². The molecule has 0 amide bonds. The Kier molecular flexibility index (Phi) is 2.78. The number of hydrogen-bond acceptors (Lipinski definition) is 4. The average Bonchev–Trinajstić information content (AvgIpc) is 2.38. The van der Waals surface area contributed by atoms with E-state index < -0.39 is 27.2 Å². The Balaban J connectivity index is 2.72. The van der Waals surface area contributed by atoms with Crippen molar-refractivity contribution < 1.29 is 27.4 Å². The van der Waals surface area contributed by atoms with Crippen LogP contribution in [0.4, 0.5) is 4.39 Å². The number of rotatable bonds is 1. The predicted octanol–water partition coefficient (Wildman–Crippen LogP) is 1.08. The van der Waals surface area contributed by atoms with Crippen molar-refractivity contribution in [1.82, 2.24) is 0 Å². The molecule has 1 aliphatic heterocycles. The highest BCUT2D eigenvalue weighted by Gasteiger charge is 2.27. The number of fused-ring (bicyclic) bond motifs is 1. The van der Waals surface area contributed by atoms with Crippen LogP contribution in [-0.2, 0) is 9.84 Å². The molecule has 0 unspecified atom stereocenters. The second kappa shape index (κ2) is 3.99. The minimum Gasteiger partial charge on any atom is -0.489 e. The summed E-state index contributed by atoms with van der Waals surface area (Å²) in [5, 5.41) is 8.75. The van der Waals surface area contributed by atoms with E-state index in [9.17, 15) is 17.6 Å². The van der Waals surface area contributed by atoms with Gasteiger partial charge in [0.15, 0.2) is 21.4 Å². The van der Waals surface area contributed by atoms with Crippen molar-refractivity contribution in [2.45, 2.75) is 11.3 Å². The molecule has 0 atom stereocenters. The van der Waals surface area contributed by atoms with Gasteiger partial charge in [-0.05, 0) is 18.6 Å². The standard InChI is InChI=1S/C10H9FO5S/c11-7-4-6(10(12)13)5-8-9(7)16-2-1-3-17(8,14)15/h4-5H,1-3H2,(H,12,13).